The summed E-state index contributed by atoms with van der Waals surface area (Å²) in [5, 5.41) is 2.22. The van der Waals surface area contributed by atoms with Crippen molar-refractivity contribution in [3.63, 3.8) is 0 Å². The first-order valence-electron chi connectivity index (χ1n) is 6.04. The summed E-state index contributed by atoms with van der Waals surface area (Å²) >= 11 is 0. The van der Waals surface area contributed by atoms with Crippen molar-refractivity contribution in [3.05, 3.63) is 35.1 Å². The van der Waals surface area contributed by atoms with Gasteiger partial charge in [0.1, 0.15) is 0 Å². The zero-order chi connectivity index (χ0) is 15.1. The molecule has 0 atom stereocenters. The van der Waals surface area contributed by atoms with E-state index < -0.39 is 34.9 Å². The quantitative estimate of drug-likeness (QED) is 0.645. The van der Waals surface area contributed by atoms with Crippen LogP contribution >= 0.6 is 0 Å². The fraction of sp³-hybridized carbons (Fsp3) is 0.385. The minimum Gasteiger partial charge on any atom is -0.466 e. The van der Waals surface area contributed by atoms with Crippen molar-refractivity contribution in [2.75, 3.05) is 13.2 Å². The van der Waals surface area contributed by atoms with Gasteiger partial charge in [0, 0.05) is 6.54 Å². The molecule has 0 aromatic heterocycles. The first-order chi connectivity index (χ1) is 9.47. The molecule has 0 unspecified atom stereocenters. The lowest BCUT2D eigenvalue weighted by molar-refractivity contribution is -0.143. The normalized spacial score (nSPS) is 10.2. The van der Waals surface area contributed by atoms with Gasteiger partial charge in [-0.05, 0) is 18.6 Å². The molecule has 0 spiro atoms. The summed E-state index contributed by atoms with van der Waals surface area (Å²) in [6.07, 6.45) is 0.592. The van der Waals surface area contributed by atoms with Gasteiger partial charge >= 0.3 is 5.97 Å². The van der Waals surface area contributed by atoms with Crippen molar-refractivity contribution >= 4 is 11.9 Å². The fourth-order valence-corrected chi connectivity index (χ4v) is 1.36. The van der Waals surface area contributed by atoms with Crippen molar-refractivity contribution in [2.45, 2.75) is 19.8 Å². The number of carbonyl (C=O) groups is 2. The highest BCUT2D eigenvalue weighted by atomic mass is 19.2. The van der Waals surface area contributed by atoms with Gasteiger partial charge in [0.05, 0.1) is 18.6 Å². The van der Waals surface area contributed by atoms with Crippen LogP contribution in [0.15, 0.2) is 12.1 Å². The predicted octanol–water partition coefficient (Wildman–Crippen LogP) is 2.18. The van der Waals surface area contributed by atoms with Gasteiger partial charge in [0.15, 0.2) is 17.5 Å². The number of nitrogens with one attached hydrogen (secondary N) is 1. The van der Waals surface area contributed by atoms with Gasteiger partial charge in [-0.2, -0.15) is 0 Å². The third-order valence-corrected chi connectivity index (χ3v) is 2.36. The summed E-state index contributed by atoms with van der Waals surface area (Å²) in [5.74, 6) is -6.07. The van der Waals surface area contributed by atoms with E-state index in [1.165, 1.54) is 0 Å². The van der Waals surface area contributed by atoms with Crippen LogP contribution in [0.2, 0.25) is 0 Å². The number of esters is 1. The predicted molar refractivity (Wildman–Crippen MR) is 64.5 cm³/mol. The maximum Gasteiger partial charge on any atom is 0.307 e. The third kappa shape index (κ3) is 4.25. The molecule has 1 aromatic carbocycles. The van der Waals surface area contributed by atoms with E-state index in [-0.39, 0.29) is 19.6 Å². The molecule has 0 radical (unpaired) electrons. The summed E-state index contributed by atoms with van der Waals surface area (Å²) in [6.45, 7) is 2.03. The highest BCUT2D eigenvalue weighted by Crippen LogP contribution is 2.14. The van der Waals surface area contributed by atoms with Gasteiger partial charge in [-0.1, -0.05) is 6.92 Å². The lowest BCUT2D eigenvalue weighted by Crippen LogP contribution is -2.27. The number of amides is 1. The average Bonchev–Trinajstić information content (AvgIpc) is 2.42. The monoisotopic (exact) mass is 289 g/mol. The number of halogens is 3. The minimum atomic E-state index is -1.71. The van der Waals surface area contributed by atoms with Gasteiger partial charge in [0.2, 0.25) is 0 Å². The van der Waals surface area contributed by atoms with E-state index in [1.54, 1.807) is 0 Å². The summed E-state index contributed by atoms with van der Waals surface area (Å²) in [4.78, 5) is 22.7. The van der Waals surface area contributed by atoms with Crippen LogP contribution in [-0.4, -0.2) is 25.0 Å². The van der Waals surface area contributed by atoms with Gasteiger partial charge in [-0.25, -0.2) is 13.2 Å². The van der Waals surface area contributed by atoms with Crippen LogP contribution in [0.5, 0.6) is 0 Å². The van der Waals surface area contributed by atoms with Crippen LogP contribution in [0.3, 0.4) is 0 Å². The van der Waals surface area contributed by atoms with Crippen LogP contribution in [0, 0.1) is 17.5 Å². The summed E-state index contributed by atoms with van der Waals surface area (Å²) in [5.41, 5.74) is -0.620. The van der Waals surface area contributed by atoms with Gasteiger partial charge in [0.25, 0.3) is 5.91 Å². The Bertz CT molecular complexity index is 506. The van der Waals surface area contributed by atoms with Crippen molar-refractivity contribution in [3.8, 4) is 0 Å². The molecule has 1 N–H and O–H groups in total. The second kappa shape index (κ2) is 7.52. The van der Waals surface area contributed by atoms with Gasteiger partial charge < -0.3 is 10.1 Å². The van der Waals surface area contributed by atoms with Crippen LogP contribution in [0.25, 0.3) is 0 Å². The lowest BCUT2D eigenvalue weighted by Gasteiger charge is -2.07. The first-order valence-corrected chi connectivity index (χ1v) is 6.04. The second-order valence-electron chi connectivity index (χ2n) is 3.95. The van der Waals surface area contributed by atoms with E-state index in [1.807, 2.05) is 6.92 Å². The van der Waals surface area contributed by atoms with E-state index in [0.29, 0.717) is 12.5 Å². The largest absolute Gasteiger partial charge is 0.466 e. The van der Waals surface area contributed by atoms with E-state index >= 15 is 0 Å². The molecule has 0 bridgehead atoms. The molecule has 0 aliphatic carbocycles. The van der Waals surface area contributed by atoms with Crippen molar-refractivity contribution < 1.29 is 27.5 Å². The molecule has 0 aliphatic rings. The second-order valence-corrected chi connectivity index (χ2v) is 3.95. The molecule has 4 nitrogen and oxygen atoms in total. The molecule has 1 aromatic rings. The van der Waals surface area contributed by atoms with Crippen LogP contribution in [0.1, 0.15) is 30.1 Å². The minimum absolute atomic E-state index is 0.0835. The molecule has 1 rings (SSSR count). The van der Waals surface area contributed by atoms with E-state index in [2.05, 4.69) is 5.32 Å². The molecule has 0 fully saturated rings. The van der Waals surface area contributed by atoms with Crippen molar-refractivity contribution in [2.24, 2.45) is 0 Å². The number of hydrogen-bond donors (Lipinski definition) is 1. The van der Waals surface area contributed by atoms with E-state index in [0.717, 1.165) is 6.07 Å². The Morgan fingerprint density at radius 1 is 1.20 bits per heavy atom. The van der Waals surface area contributed by atoms with Crippen molar-refractivity contribution in [1.29, 1.82) is 0 Å². The molecule has 0 saturated heterocycles. The zero-order valence-electron chi connectivity index (χ0n) is 10.8. The molecular formula is C13H14F3NO3. The molecule has 1 amide bonds. The lowest BCUT2D eigenvalue weighted by atomic mass is 10.2. The topological polar surface area (TPSA) is 55.4 Å². The molecular weight excluding hydrogens is 275 g/mol. The van der Waals surface area contributed by atoms with Crippen LogP contribution < -0.4 is 5.32 Å². The summed E-state index contributed by atoms with van der Waals surface area (Å²) in [6, 6.07) is 1.49. The van der Waals surface area contributed by atoms with Crippen LogP contribution in [-0.2, 0) is 9.53 Å². The number of rotatable bonds is 6. The number of benzene rings is 1. The number of hydrogen-bond acceptors (Lipinski definition) is 3. The van der Waals surface area contributed by atoms with Crippen LogP contribution in [0.4, 0.5) is 13.2 Å². The number of carbonyl (C=O) groups excluding carboxylic acids is 2. The Labute approximate surface area is 113 Å². The molecule has 7 heteroatoms. The maximum atomic E-state index is 13.3. The average molecular weight is 289 g/mol. The van der Waals surface area contributed by atoms with E-state index in [4.69, 9.17) is 4.74 Å². The summed E-state index contributed by atoms with van der Waals surface area (Å²) in [7, 11) is 0. The Kier molecular flexibility index (Phi) is 6.02. The SMILES string of the molecule is CCCOC(=O)CCNC(=O)c1ccc(F)c(F)c1F. The Hall–Kier alpha value is -2.05. The molecule has 20 heavy (non-hydrogen) atoms. The summed E-state index contributed by atoms with van der Waals surface area (Å²) < 4.78 is 43.7. The highest BCUT2D eigenvalue weighted by Gasteiger charge is 2.18. The Morgan fingerprint density at radius 2 is 1.90 bits per heavy atom. The molecule has 110 valence electrons. The van der Waals surface area contributed by atoms with Crippen molar-refractivity contribution in [1.82, 2.24) is 5.32 Å². The fourth-order valence-electron chi connectivity index (χ4n) is 1.36. The molecule has 0 saturated carbocycles. The standard InChI is InChI=1S/C13H14F3NO3/c1-2-7-20-10(18)5-6-17-13(19)8-3-4-9(14)12(16)11(8)15/h3-4H,2,5-7H2,1H3,(H,17,19). The highest BCUT2D eigenvalue weighted by molar-refractivity contribution is 5.94. The van der Waals surface area contributed by atoms with Gasteiger partial charge in [-0.3, -0.25) is 9.59 Å². The smallest absolute Gasteiger partial charge is 0.307 e. The third-order valence-electron chi connectivity index (χ3n) is 2.36. The van der Waals surface area contributed by atoms with E-state index in [9.17, 15) is 22.8 Å². The maximum absolute atomic E-state index is 13.3. The number of ether oxygens (including phenoxy) is 1. The molecule has 0 aliphatic heterocycles. The Balaban J connectivity index is 2.52. The first kappa shape index (κ1) is 16.0. The molecule has 0 heterocycles. The van der Waals surface area contributed by atoms with Gasteiger partial charge in [-0.15, -0.1) is 0 Å². The zero-order valence-corrected chi connectivity index (χ0v) is 10.8. The Morgan fingerprint density at radius 3 is 2.55 bits per heavy atom.